The van der Waals surface area contributed by atoms with Crippen LogP contribution in [0.25, 0.3) is 0 Å². The van der Waals surface area contributed by atoms with Crippen molar-refractivity contribution in [3.05, 3.63) is 11.2 Å². The van der Waals surface area contributed by atoms with Crippen molar-refractivity contribution in [1.82, 2.24) is 9.88 Å². The highest BCUT2D eigenvalue weighted by molar-refractivity contribution is 7.99. The van der Waals surface area contributed by atoms with Gasteiger partial charge >= 0.3 is 5.97 Å². The van der Waals surface area contributed by atoms with Gasteiger partial charge in [0, 0.05) is 37.7 Å². The van der Waals surface area contributed by atoms with Gasteiger partial charge < -0.3 is 10.4 Å². The molecule has 0 aromatic carbocycles. The summed E-state index contributed by atoms with van der Waals surface area (Å²) in [5, 5.41) is 12.7. The molecule has 2 heterocycles. The molecular weight excluding hydrogens is 258 g/mol. The van der Waals surface area contributed by atoms with Crippen LogP contribution in [-0.4, -0.2) is 58.6 Å². The SMILES string of the molecule is O=C(O)c1ncsc1NCCN1CCSCC1. The molecule has 0 saturated carbocycles. The number of nitrogens with one attached hydrogen (secondary N) is 1. The second kappa shape index (κ2) is 6.23. The van der Waals surface area contributed by atoms with Crippen LogP contribution < -0.4 is 5.32 Å². The molecule has 1 aliphatic heterocycles. The fourth-order valence-electron chi connectivity index (χ4n) is 1.68. The summed E-state index contributed by atoms with van der Waals surface area (Å²) in [5.74, 6) is 1.42. The van der Waals surface area contributed by atoms with Crippen molar-refractivity contribution < 1.29 is 9.90 Å². The van der Waals surface area contributed by atoms with Crippen LogP contribution in [0, 0.1) is 0 Å². The quantitative estimate of drug-likeness (QED) is 0.843. The second-order valence-corrected chi connectivity index (χ2v) is 5.80. The van der Waals surface area contributed by atoms with Gasteiger partial charge in [0.1, 0.15) is 5.00 Å². The zero-order valence-electron chi connectivity index (χ0n) is 9.39. The van der Waals surface area contributed by atoms with Crippen LogP contribution in [0.15, 0.2) is 5.51 Å². The second-order valence-electron chi connectivity index (χ2n) is 3.72. The Morgan fingerprint density at radius 2 is 2.29 bits per heavy atom. The molecule has 0 aliphatic carbocycles. The van der Waals surface area contributed by atoms with E-state index in [1.807, 2.05) is 11.8 Å². The van der Waals surface area contributed by atoms with Gasteiger partial charge in [0.25, 0.3) is 0 Å². The van der Waals surface area contributed by atoms with Crippen molar-refractivity contribution >= 4 is 34.1 Å². The molecule has 2 rings (SSSR count). The minimum Gasteiger partial charge on any atom is -0.476 e. The van der Waals surface area contributed by atoms with Gasteiger partial charge in [0.05, 0.1) is 5.51 Å². The normalized spacial score (nSPS) is 16.9. The van der Waals surface area contributed by atoms with Crippen LogP contribution in [0.2, 0.25) is 0 Å². The third kappa shape index (κ3) is 3.58. The summed E-state index contributed by atoms with van der Waals surface area (Å²) in [6.45, 7) is 3.98. The van der Waals surface area contributed by atoms with Crippen LogP contribution >= 0.6 is 23.1 Å². The van der Waals surface area contributed by atoms with Crippen molar-refractivity contribution in [2.75, 3.05) is 43.0 Å². The lowest BCUT2D eigenvalue weighted by Gasteiger charge is -2.26. The monoisotopic (exact) mass is 273 g/mol. The predicted molar refractivity (Wildman–Crippen MR) is 71.3 cm³/mol. The Labute approximate surface area is 108 Å². The van der Waals surface area contributed by atoms with Crippen LogP contribution in [0.3, 0.4) is 0 Å². The first-order valence-corrected chi connectivity index (χ1v) is 7.51. The molecule has 1 aromatic rings. The highest BCUT2D eigenvalue weighted by Gasteiger charge is 2.14. The lowest BCUT2D eigenvalue weighted by molar-refractivity contribution is 0.0692. The summed E-state index contributed by atoms with van der Waals surface area (Å²) < 4.78 is 0. The first-order chi connectivity index (χ1) is 8.27. The van der Waals surface area contributed by atoms with Gasteiger partial charge in [-0.2, -0.15) is 11.8 Å². The Kier molecular flexibility index (Phi) is 4.64. The third-order valence-electron chi connectivity index (χ3n) is 2.59. The Morgan fingerprint density at radius 1 is 1.53 bits per heavy atom. The first-order valence-electron chi connectivity index (χ1n) is 5.48. The van der Waals surface area contributed by atoms with Gasteiger partial charge in [-0.15, -0.1) is 11.3 Å². The number of thioether (sulfide) groups is 1. The number of rotatable bonds is 5. The smallest absolute Gasteiger partial charge is 0.357 e. The van der Waals surface area contributed by atoms with Crippen molar-refractivity contribution in [2.45, 2.75) is 0 Å². The largest absolute Gasteiger partial charge is 0.476 e. The lowest BCUT2D eigenvalue weighted by atomic mass is 10.4. The van der Waals surface area contributed by atoms with Crippen molar-refractivity contribution in [3.8, 4) is 0 Å². The highest BCUT2D eigenvalue weighted by Crippen LogP contribution is 2.19. The zero-order valence-corrected chi connectivity index (χ0v) is 11.0. The minimum absolute atomic E-state index is 0.129. The number of carboxylic acids is 1. The Hall–Kier alpha value is -0.790. The summed E-state index contributed by atoms with van der Waals surface area (Å²) in [7, 11) is 0. The topological polar surface area (TPSA) is 65.5 Å². The molecule has 94 valence electrons. The Bertz CT molecular complexity index is 377. The van der Waals surface area contributed by atoms with E-state index in [-0.39, 0.29) is 5.69 Å². The molecule has 0 spiro atoms. The average molecular weight is 273 g/mol. The maximum Gasteiger partial charge on any atom is 0.357 e. The summed E-state index contributed by atoms with van der Waals surface area (Å²) in [6, 6.07) is 0. The van der Waals surface area contributed by atoms with Crippen LogP contribution in [0.1, 0.15) is 10.5 Å². The van der Waals surface area contributed by atoms with E-state index in [2.05, 4.69) is 15.2 Å². The first kappa shape index (κ1) is 12.7. The average Bonchev–Trinajstić information content (AvgIpc) is 2.79. The van der Waals surface area contributed by atoms with Gasteiger partial charge in [0.2, 0.25) is 0 Å². The van der Waals surface area contributed by atoms with E-state index in [1.54, 1.807) is 5.51 Å². The summed E-state index contributed by atoms with van der Waals surface area (Å²) in [5.41, 5.74) is 1.69. The minimum atomic E-state index is -0.969. The van der Waals surface area contributed by atoms with Crippen LogP contribution in [0.4, 0.5) is 5.00 Å². The molecule has 5 nitrogen and oxygen atoms in total. The van der Waals surface area contributed by atoms with Gasteiger partial charge in [-0.05, 0) is 0 Å². The molecule has 0 unspecified atom stereocenters. The fraction of sp³-hybridized carbons (Fsp3) is 0.600. The van der Waals surface area contributed by atoms with Crippen LogP contribution in [0.5, 0.6) is 0 Å². The number of carbonyl (C=O) groups is 1. The van der Waals surface area contributed by atoms with E-state index in [1.165, 1.54) is 22.8 Å². The number of hydrogen-bond acceptors (Lipinski definition) is 6. The fourth-order valence-corrected chi connectivity index (χ4v) is 3.36. The highest BCUT2D eigenvalue weighted by atomic mass is 32.2. The number of carboxylic acid groups (broad SMARTS) is 1. The number of nitrogens with zero attached hydrogens (tertiary/aromatic N) is 2. The summed E-state index contributed by atoms with van der Waals surface area (Å²) >= 11 is 3.33. The zero-order chi connectivity index (χ0) is 12.1. The van der Waals surface area contributed by atoms with E-state index >= 15 is 0 Å². The third-order valence-corrected chi connectivity index (χ3v) is 4.31. The molecule has 0 amide bonds. The van der Waals surface area contributed by atoms with E-state index in [0.29, 0.717) is 5.00 Å². The van der Waals surface area contributed by atoms with E-state index in [9.17, 15) is 4.79 Å². The molecule has 7 heteroatoms. The molecule has 1 aliphatic rings. The Morgan fingerprint density at radius 3 is 3.00 bits per heavy atom. The molecule has 1 aromatic heterocycles. The molecule has 17 heavy (non-hydrogen) atoms. The molecule has 0 bridgehead atoms. The van der Waals surface area contributed by atoms with Crippen molar-refractivity contribution in [2.24, 2.45) is 0 Å². The van der Waals surface area contributed by atoms with Crippen molar-refractivity contribution in [3.63, 3.8) is 0 Å². The Balaban J connectivity index is 1.77. The number of hydrogen-bond donors (Lipinski definition) is 2. The molecule has 0 radical (unpaired) electrons. The number of aromatic nitrogens is 1. The number of anilines is 1. The van der Waals surface area contributed by atoms with E-state index < -0.39 is 5.97 Å². The summed E-state index contributed by atoms with van der Waals surface area (Å²) in [4.78, 5) is 17.1. The van der Waals surface area contributed by atoms with Gasteiger partial charge in [0.15, 0.2) is 5.69 Å². The molecule has 2 N–H and O–H groups in total. The van der Waals surface area contributed by atoms with Gasteiger partial charge in [-0.25, -0.2) is 9.78 Å². The standard InChI is InChI=1S/C10H15N3O2S2/c14-10(15)8-9(17-7-12-8)11-1-2-13-3-5-16-6-4-13/h7,11H,1-6H2,(H,14,15). The van der Waals surface area contributed by atoms with E-state index in [0.717, 1.165) is 26.2 Å². The van der Waals surface area contributed by atoms with Crippen LogP contribution in [-0.2, 0) is 0 Å². The predicted octanol–water partition coefficient (Wildman–Crippen LogP) is 1.30. The van der Waals surface area contributed by atoms with E-state index in [4.69, 9.17) is 5.11 Å². The molecule has 0 atom stereocenters. The maximum absolute atomic E-state index is 10.8. The molecule has 1 fully saturated rings. The van der Waals surface area contributed by atoms with Crippen molar-refractivity contribution in [1.29, 1.82) is 0 Å². The molecular formula is C10H15N3O2S2. The number of thiazole rings is 1. The summed E-state index contributed by atoms with van der Waals surface area (Å²) in [6.07, 6.45) is 0. The van der Waals surface area contributed by atoms with Gasteiger partial charge in [-0.1, -0.05) is 0 Å². The molecule has 1 saturated heterocycles. The maximum atomic E-state index is 10.8. The van der Waals surface area contributed by atoms with Gasteiger partial charge in [-0.3, -0.25) is 4.90 Å². The number of aromatic carboxylic acids is 1. The lowest BCUT2D eigenvalue weighted by Crippen LogP contribution is -2.36.